The Morgan fingerprint density at radius 1 is 1.33 bits per heavy atom. The van der Waals surface area contributed by atoms with E-state index in [1.807, 2.05) is 6.07 Å². The summed E-state index contributed by atoms with van der Waals surface area (Å²) in [6.07, 6.45) is 3.85. The van der Waals surface area contributed by atoms with E-state index in [1.165, 1.54) is 12.5 Å². The molecule has 2 atom stereocenters. The van der Waals surface area contributed by atoms with E-state index in [1.54, 1.807) is 6.07 Å². The lowest BCUT2D eigenvalue weighted by Gasteiger charge is -2.40. The molecule has 0 aliphatic heterocycles. The molecule has 0 spiro atoms. The minimum atomic E-state index is -0.251. The minimum absolute atomic E-state index is 0.145. The molecule has 3 heteroatoms. The van der Waals surface area contributed by atoms with Gasteiger partial charge in [-0.05, 0) is 61.3 Å². The zero-order valence-corrected chi connectivity index (χ0v) is 12.6. The van der Waals surface area contributed by atoms with Crippen LogP contribution in [0.1, 0.15) is 38.7 Å². The van der Waals surface area contributed by atoms with Gasteiger partial charge in [0.1, 0.15) is 5.82 Å². The fourth-order valence-corrected chi connectivity index (χ4v) is 3.94. The lowest BCUT2D eigenvalue weighted by Crippen LogP contribution is -2.48. The molecule has 1 saturated carbocycles. The van der Waals surface area contributed by atoms with Gasteiger partial charge in [0.15, 0.2) is 0 Å². The molecule has 1 aromatic carbocycles. The quantitative estimate of drug-likeness (QED) is 0.866. The molecule has 0 bridgehead atoms. The lowest BCUT2D eigenvalue weighted by molar-refractivity contribution is 0.181. The first kappa shape index (κ1) is 14.0. The first-order valence-electron chi connectivity index (χ1n) is 6.61. The second-order valence-electron chi connectivity index (χ2n) is 6.13. The highest BCUT2D eigenvalue weighted by atomic mass is 79.9. The van der Waals surface area contributed by atoms with Crippen molar-refractivity contribution in [2.45, 2.75) is 45.1 Å². The molecule has 0 aromatic heterocycles. The second kappa shape index (κ2) is 5.30. The van der Waals surface area contributed by atoms with E-state index in [4.69, 9.17) is 5.73 Å². The van der Waals surface area contributed by atoms with E-state index in [-0.39, 0.29) is 11.4 Å². The number of nitrogens with two attached hydrogens (primary N) is 1. The van der Waals surface area contributed by atoms with E-state index in [0.29, 0.717) is 18.3 Å². The highest BCUT2D eigenvalue weighted by Crippen LogP contribution is 2.37. The number of rotatable bonds is 2. The van der Waals surface area contributed by atoms with Crippen molar-refractivity contribution in [2.75, 3.05) is 0 Å². The Morgan fingerprint density at radius 2 is 1.94 bits per heavy atom. The predicted molar refractivity (Wildman–Crippen MR) is 76.9 cm³/mol. The van der Waals surface area contributed by atoms with Gasteiger partial charge in [-0.2, -0.15) is 0 Å². The molecule has 0 amide bonds. The van der Waals surface area contributed by atoms with Gasteiger partial charge in [0, 0.05) is 10.0 Å². The van der Waals surface area contributed by atoms with Crippen LogP contribution in [-0.2, 0) is 6.42 Å². The van der Waals surface area contributed by atoms with Crippen LogP contribution >= 0.6 is 15.9 Å². The van der Waals surface area contributed by atoms with Crippen molar-refractivity contribution in [1.82, 2.24) is 0 Å². The molecule has 2 rings (SSSR count). The third-order valence-electron chi connectivity index (χ3n) is 3.86. The predicted octanol–water partition coefficient (Wildman–Crippen LogP) is 4.28. The number of hydrogen-bond donors (Lipinski definition) is 1. The van der Waals surface area contributed by atoms with Gasteiger partial charge in [0.25, 0.3) is 0 Å². The topological polar surface area (TPSA) is 26.0 Å². The largest absolute Gasteiger partial charge is 0.325 e. The van der Waals surface area contributed by atoms with Gasteiger partial charge in [-0.1, -0.05) is 29.8 Å². The summed E-state index contributed by atoms with van der Waals surface area (Å²) in [5, 5.41) is 0. The van der Waals surface area contributed by atoms with Crippen LogP contribution in [0.25, 0.3) is 0 Å². The van der Waals surface area contributed by atoms with Crippen molar-refractivity contribution in [2.24, 2.45) is 17.6 Å². The zero-order valence-electron chi connectivity index (χ0n) is 11.0. The van der Waals surface area contributed by atoms with Gasteiger partial charge in [-0.15, -0.1) is 0 Å². The summed E-state index contributed by atoms with van der Waals surface area (Å²) in [6, 6.07) is 5.10. The first-order chi connectivity index (χ1) is 8.38. The standard InChI is InChI=1S/C15H21BrFN/c1-10-5-11(2)8-15(18,7-10)9-12-6-13(16)3-4-14(12)17/h3-4,6,10-11H,5,7-9,18H2,1-2H3. The highest BCUT2D eigenvalue weighted by Gasteiger charge is 2.35. The SMILES string of the molecule is CC1CC(C)CC(N)(Cc2cc(Br)ccc2F)C1. The molecule has 1 aliphatic rings. The van der Waals surface area contributed by atoms with Gasteiger partial charge in [0.2, 0.25) is 0 Å². The fraction of sp³-hybridized carbons (Fsp3) is 0.600. The van der Waals surface area contributed by atoms with Crippen molar-refractivity contribution in [1.29, 1.82) is 0 Å². The summed E-state index contributed by atoms with van der Waals surface area (Å²) in [6.45, 7) is 4.49. The molecule has 2 unspecified atom stereocenters. The molecule has 0 heterocycles. The van der Waals surface area contributed by atoms with Gasteiger partial charge >= 0.3 is 0 Å². The molecule has 1 aromatic rings. The molecule has 1 aliphatic carbocycles. The third kappa shape index (κ3) is 3.33. The van der Waals surface area contributed by atoms with Crippen LogP contribution in [0.4, 0.5) is 4.39 Å². The number of hydrogen-bond acceptors (Lipinski definition) is 1. The average molecular weight is 314 g/mol. The summed E-state index contributed by atoms with van der Waals surface area (Å²) in [5.41, 5.74) is 6.99. The Kier molecular flexibility index (Phi) is 4.12. The maximum Gasteiger partial charge on any atom is 0.126 e. The van der Waals surface area contributed by atoms with Gasteiger partial charge in [-0.25, -0.2) is 4.39 Å². The molecular formula is C15H21BrFN. The van der Waals surface area contributed by atoms with E-state index >= 15 is 0 Å². The van der Waals surface area contributed by atoms with Crippen molar-refractivity contribution in [3.63, 3.8) is 0 Å². The van der Waals surface area contributed by atoms with Gasteiger partial charge in [-0.3, -0.25) is 0 Å². The third-order valence-corrected chi connectivity index (χ3v) is 4.36. The van der Waals surface area contributed by atoms with Crippen LogP contribution in [0.15, 0.2) is 22.7 Å². The lowest BCUT2D eigenvalue weighted by atomic mass is 9.70. The summed E-state index contributed by atoms with van der Waals surface area (Å²) >= 11 is 3.39. The molecule has 0 saturated heterocycles. The molecule has 1 fully saturated rings. The Bertz CT molecular complexity index is 423. The van der Waals surface area contributed by atoms with Gasteiger partial charge in [0.05, 0.1) is 0 Å². The molecule has 100 valence electrons. The van der Waals surface area contributed by atoms with Crippen LogP contribution in [0.5, 0.6) is 0 Å². The molecule has 0 radical (unpaired) electrons. The average Bonchev–Trinajstić information content (AvgIpc) is 2.21. The van der Waals surface area contributed by atoms with Crippen LogP contribution in [0.2, 0.25) is 0 Å². The highest BCUT2D eigenvalue weighted by molar-refractivity contribution is 9.10. The number of benzene rings is 1. The first-order valence-corrected chi connectivity index (χ1v) is 7.40. The maximum absolute atomic E-state index is 13.8. The Hall–Kier alpha value is -0.410. The normalized spacial score (nSPS) is 32.5. The Balaban J connectivity index is 2.18. The van der Waals surface area contributed by atoms with E-state index in [0.717, 1.165) is 22.9 Å². The van der Waals surface area contributed by atoms with Gasteiger partial charge < -0.3 is 5.73 Å². The Morgan fingerprint density at radius 3 is 2.56 bits per heavy atom. The zero-order chi connectivity index (χ0) is 13.3. The van der Waals surface area contributed by atoms with Crippen molar-refractivity contribution >= 4 is 15.9 Å². The molecular weight excluding hydrogens is 293 g/mol. The van der Waals surface area contributed by atoms with Crippen LogP contribution in [0, 0.1) is 17.7 Å². The molecule has 1 nitrogen and oxygen atoms in total. The smallest absolute Gasteiger partial charge is 0.126 e. The van der Waals surface area contributed by atoms with Crippen molar-refractivity contribution < 1.29 is 4.39 Å². The summed E-state index contributed by atoms with van der Waals surface area (Å²) in [5.74, 6) is 1.12. The molecule has 2 N–H and O–H groups in total. The summed E-state index contributed by atoms with van der Waals surface area (Å²) in [7, 11) is 0. The monoisotopic (exact) mass is 313 g/mol. The van der Waals surface area contributed by atoms with E-state index < -0.39 is 0 Å². The van der Waals surface area contributed by atoms with Crippen molar-refractivity contribution in [3.8, 4) is 0 Å². The number of halogens is 2. The maximum atomic E-state index is 13.8. The summed E-state index contributed by atoms with van der Waals surface area (Å²) in [4.78, 5) is 0. The second-order valence-corrected chi connectivity index (χ2v) is 7.04. The van der Waals surface area contributed by atoms with E-state index in [2.05, 4.69) is 29.8 Å². The minimum Gasteiger partial charge on any atom is -0.325 e. The van der Waals surface area contributed by atoms with E-state index in [9.17, 15) is 4.39 Å². The van der Waals surface area contributed by atoms with Crippen LogP contribution in [-0.4, -0.2) is 5.54 Å². The van der Waals surface area contributed by atoms with Crippen LogP contribution < -0.4 is 5.73 Å². The molecule has 18 heavy (non-hydrogen) atoms. The summed E-state index contributed by atoms with van der Waals surface area (Å²) < 4.78 is 14.7. The fourth-order valence-electron chi connectivity index (χ4n) is 3.53. The van der Waals surface area contributed by atoms with Crippen LogP contribution in [0.3, 0.4) is 0 Å². The Labute approximate surface area is 117 Å². The van der Waals surface area contributed by atoms with Crippen molar-refractivity contribution in [3.05, 3.63) is 34.1 Å².